The Labute approximate surface area is 78.4 Å². The lowest BCUT2D eigenvalue weighted by atomic mass is 9.82. The Hall–Kier alpha value is -0.410. The zero-order valence-electron chi connectivity index (χ0n) is 8.04. The Morgan fingerprint density at radius 1 is 1.46 bits per heavy atom. The fourth-order valence-corrected chi connectivity index (χ4v) is 2.21. The Kier molecular flexibility index (Phi) is 2.39. The summed E-state index contributed by atoms with van der Waals surface area (Å²) in [6.07, 6.45) is 2.19. The normalized spacial score (nSPS) is 41.0. The molecule has 2 aliphatic heterocycles. The first-order valence-corrected chi connectivity index (χ1v) is 4.94. The first-order valence-electron chi connectivity index (χ1n) is 4.94. The monoisotopic (exact) mass is 184 g/mol. The number of ketones is 1. The average molecular weight is 184 g/mol. The standard InChI is InChI=1S/C10H16O3/c1-10(8-2-4-12-7-8)6-9(11)3-5-13-10/h8H,2-7H2,1H3. The quantitative estimate of drug-likeness (QED) is 0.613. The zero-order valence-corrected chi connectivity index (χ0v) is 8.04. The number of ether oxygens (including phenoxy) is 2. The SMILES string of the molecule is CC1(C2CCOC2)CC(=O)CCO1. The molecule has 0 aromatic heterocycles. The lowest BCUT2D eigenvalue weighted by Gasteiger charge is -2.37. The van der Waals surface area contributed by atoms with Gasteiger partial charge in [0.2, 0.25) is 0 Å². The molecule has 2 fully saturated rings. The smallest absolute Gasteiger partial charge is 0.138 e. The molecule has 0 aromatic rings. The van der Waals surface area contributed by atoms with E-state index in [2.05, 4.69) is 0 Å². The molecule has 2 rings (SSSR count). The van der Waals surface area contributed by atoms with Gasteiger partial charge in [0.1, 0.15) is 5.78 Å². The summed E-state index contributed by atoms with van der Waals surface area (Å²) in [5.74, 6) is 0.748. The van der Waals surface area contributed by atoms with Crippen LogP contribution in [-0.4, -0.2) is 31.2 Å². The first kappa shape index (κ1) is 9.16. The van der Waals surface area contributed by atoms with Gasteiger partial charge in [0, 0.05) is 25.4 Å². The summed E-state index contributed by atoms with van der Waals surface area (Å²) < 4.78 is 11.0. The van der Waals surface area contributed by atoms with Crippen molar-refractivity contribution in [1.29, 1.82) is 0 Å². The van der Waals surface area contributed by atoms with E-state index in [0.717, 1.165) is 19.6 Å². The second kappa shape index (κ2) is 3.39. The molecule has 0 aliphatic carbocycles. The largest absolute Gasteiger partial charge is 0.381 e. The minimum Gasteiger partial charge on any atom is -0.381 e. The zero-order chi connectivity index (χ0) is 9.31. The van der Waals surface area contributed by atoms with E-state index in [1.165, 1.54) is 0 Å². The molecule has 0 aromatic carbocycles. The number of carbonyl (C=O) groups is 1. The summed E-state index contributed by atoms with van der Waals surface area (Å²) in [4.78, 5) is 11.3. The summed E-state index contributed by atoms with van der Waals surface area (Å²) in [7, 11) is 0. The van der Waals surface area contributed by atoms with E-state index >= 15 is 0 Å². The summed E-state index contributed by atoms with van der Waals surface area (Å²) in [5, 5.41) is 0. The first-order chi connectivity index (χ1) is 6.21. The molecule has 0 saturated carbocycles. The van der Waals surface area contributed by atoms with Gasteiger partial charge in [-0.3, -0.25) is 4.79 Å². The predicted molar refractivity (Wildman–Crippen MR) is 47.5 cm³/mol. The van der Waals surface area contributed by atoms with Gasteiger partial charge in [0.25, 0.3) is 0 Å². The highest BCUT2D eigenvalue weighted by Gasteiger charge is 2.41. The van der Waals surface area contributed by atoms with Crippen molar-refractivity contribution >= 4 is 5.78 Å². The third-order valence-corrected chi connectivity index (χ3v) is 3.15. The van der Waals surface area contributed by atoms with Crippen LogP contribution in [-0.2, 0) is 14.3 Å². The van der Waals surface area contributed by atoms with Crippen LogP contribution < -0.4 is 0 Å². The highest BCUT2D eigenvalue weighted by Crippen LogP contribution is 2.34. The fourth-order valence-electron chi connectivity index (χ4n) is 2.21. The van der Waals surface area contributed by atoms with E-state index in [-0.39, 0.29) is 5.60 Å². The van der Waals surface area contributed by atoms with Crippen molar-refractivity contribution < 1.29 is 14.3 Å². The molecule has 74 valence electrons. The Morgan fingerprint density at radius 2 is 2.31 bits per heavy atom. The highest BCUT2D eigenvalue weighted by molar-refractivity contribution is 5.80. The summed E-state index contributed by atoms with van der Waals surface area (Å²) in [6, 6.07) is 0. The van der Waals surface area contributed by atoms with Crippen LogP contribution in [0.4, 0.5) is 0 Å². The van der Waals surface area contributed by atoms with E-state index in [4.69, 9.17) is 9.47 Å². The number of hydrogen-bond acceptors (Lipinski definition) is 3. The summed E-state index contributed by atoms with van der Waals surface area (Å²) in [6.45, 7) is 4.21. The maximum Gasteiger partial charge on any atom is 0.138 e. The van der Waals surface area contributed by atoms with Gasteiger partial charge in [-0.15, -0.1) is 0 Å². The van der Waals surface area contributed by atoms with Crippen molar-refractivity contribution in [1.82, 2.24) is 0 Å². The molecular weight excluding hydrogens is 168 g/mol. The van der Waals surface area contributed by atoms with Gasteiger partial charge >= 0.3 is 0 Å². The molecule has 2 heterocycles. The lowest BCUT2D eigenvalue weighted by molar-refractivity contribution is -0.145. The van der Waals surface area contributed by atoms with Crippen molar-refractivity contribution in [2.45, 2.75) is 31.8 Å². The van der Waals surface area contributed by atoms with E-state index in [0.29, 0.717) is 31.1 Å². The predicted octanol–water partition coefficient (Wildman–Crippen LogP) is 1.16. The fraction of sp³-hybridized carbons (Fsp3) is 0.900. The number of rotatable bonds is 1. The Morgan fingerprint density at radius 3 is 2.92 bits per heavy atom. The second-order valence-electron chi connectivity index (χ2n) is 4.19. The Bertz CT molecular complexity index is 208. The van der Waals surface area contributed by atoms with Crippen LogP contribution >= 0.6 is 0 Å². The van der Waals surface area contributed by atoms with Crippen molar-refractivity contribution in [3.63, 3.8) is 0 Å². The van der Waals surface area contributed by atoms with E-state index < -0.39 is 0 Å². The maximum absolute atomic E-state index is 11.3. The molecule has 2 atom stereocenters. The van der Waals surface area contributed by atoms with Crippen molar-refractivity contribution in [2.75, 3.05) is 19.8 Å². The molecule has 0 bridgehead atoms. The molecule has 0 radical (unpaired) electrons. The van der Waals surface area contributed by atoms with Crippen molar-refractivity contribution in [3.05, 3.63) is 0 Å². The minimum atomic E-state index is -0.244. The summed E-state index contributed by atoms with van der Waals surface area (Å²) >= 11 is 0. The maximum atomic E-state index is 11.3. The summed E-state index contributed by atoms with van der Waals surface area (Å²) in [5.41, 5.74) is -0.244. The molecule has 3 heteroatoms. The second-order valence-corrected chi connectivity index (χ2v) is 4.19. The molecule has 13 heavy (non-hydrogen) atoms. The van der Waals surface area contributed by atoms with Crippen LogP contribution in [0.5, 0.6) is 0 Å². The molecular formula is C10H16O3. The van der Waals surface area contributed by atoms with Gasteiger partial charge in [-0.25, -0.2) is 0 Å². The molecule has 2 aliphatic rings. The van der Waals surface area contributed by atoms with Crippen LogP contribution in [0.25, 0.3) is 0 Å². The third kappa shape index (κ3) is 1.76. The minimum absolute atomic E-state index is 0.244. The number of Topliss-reactive ketones (excluding diaryl/α,β-unsaturated/α-hetero) is 1. The van der Waals surface area contributed by atoms with Crippen LogP contribution in [0.15, 0.2) is 0 Å². The van der Waals surface area contributed by atoms with Crippen LogP contribution in [0.2, 0.25) is 0 Å². The molecule has 0 N–H and O–H groups in total. The molecule has 0 spiro atoms. The lowest BCUT2D eigenvalue weighted by Crippen LogP contribution is -2.44. The van der Waals surface area contributed by atoms with Gasteiger partial charge in [0.15, 0.2) is 0 Å². The van der Waals surface area contributed by atoms with Crippen LogP contribution in [0.3, 0.4) is 0 Å². The average Bonchev–Trinajstić information content (AvgIpc) is 2.55. The molecule has 3 nitrogen and oxygen atoms in total. The third-order valence-electron chi connectivity index (χ3n) is 3.15. The van der Waals surface area contributed by atoms with Crippen molar-refractivity contribution in [3.8, 4) is 0 Å². The van der Waals surface area contributed by atoms with Gasteiger partial charge in [-0.1, -0.05) is 0 Å². The highest BCUT2D eigenvalue weighted by atomic mass is 16.5. The van der Waals surface area contributed by atoms with Gasteiger partial charge in [0.05, 0.1) is 18.8 Å². The van der Waals surface area contributed by atoms with Gasteiger partial charge in [-0.05, 0) is 13.3 Å². The number of hydrogen-bond donors (Lipinski definition) is 0. The van der Waals surface area contributed by atoms with E-state index in [1.807, 2.05) is 6.92 Å². The number of carbonyl (C=O) groups excluding carboxylic acids is 1. The molecule has 2 unspecified atom stereocenters. The van der Waals surface area contributed by atoms with E-state index in [9.17, 15) is 4.79 Å². The topological polar surface area (TPSA) is 35.5 Å². The molecule has 2 saturated heterocycles. The van der Waals surface area contributed by atoms with E-state index in [1.54, 1.807) is 0 Å². The molecule has 0 amide bonds. The van der Waals surface area contributed by atoms with Gasteiger partial charge in [-0.2, -0.15) is 0 Å². The van der Waals surface area contributed by atoms with Crippen molar-refractivity contribution in [2.24, 2.45) is 5.92 Å². The van der Waals surface area contributed by atoms with Gasteiger partial charge < -0.3 is 9.47 Å². The Balaban J connectivity index is 2.04. The van der Waals surface area contributed by atoms with Crippen LogP contribution in [0.1, 0.15) is 26.2 Å². The van der Waals surface area contributed by atoms with Crippen LogP contribution in [0, 0.1) is 5.92 Å².